The fourth-order valence-electron chi connectivity index (χ4n) is 4.81. The second-order valence-electron chi connectivity index (χ2n) is 10.5. The number of amides is 1. The van der Waals surface area contributed by atoms with Gasteiger partial charge in [0.2, 0.25) is 5.91 Å². The maximum absolute atomic E-state index is 13.5. The van der Waals surface area contributed by atoms with E-state index in [-0.39, 0.29) is 17.4 Å². The third-order valence-electron chi connectivity index (χ3n) is 7.45. The number of aromatic nitrogens is 3. The third kappa shape index (κ3) is 5.59. The van der Waals surface area contributed by atoms with Crippen molar-refractivity contribution in [3.8, 4) is 5.75 Å². The minimum Gasteiger partial charge on any atom is -0.493 e. The summed E-state index contributed by atoms with van der Waals surface area (Å²) < 4.78 is 35.8. The molecule has 3 heterocycles. The zero-order chi connectivity index (χ0) is 28.6. The Balaban J connectivity index is 1.37. The molecule has 0 saturated carbocycles. The molecular formula is C28H33ClN6O4S. The highest BCUT2D eigenvalue weighted by Gasteiger charge is 2.36. The van der Waals surface area contributed by atoms with Gasteiger partial charge in [0, 0.05) is 54.6 Å². The molecule has 212 valence electrons. The highest BCUT2D eigenvalue weighted by molar-refractivity contribution is 7.89. The lowest BCUT2D eigenvalue weighted by molar-refractivity contribution is -0.124. The summed E-state index contributed by atoms with van der Waals surface area (Å²) in [5.41, 5.74) is 3.44. The van der Waals surface area contributed by atoms with Crippen LogP contribution < -0.4 is 10.1 Å². The van der Waals surface area contributed by atoms with Crippen LogP contribution >= 0.6 is 11.6 Å². The number of rotatable bonds is 8. The topological polar surface area (TPSA) is 110 Å². The van der Waals surface area contributed by atoms with E-state index in [2.05, 4.69) is 59.6 Å². The molecule has 2 aliphatic rings. The summed E-state index contributed by atoms with van der Waals surface area (Å²) in [5, 5.41) is 11.6. The summed E-state index contributed by atoms with van der Waals surface area (Å²) >= 11 is 6.20. The number of nitrogens with one attached hydrogen (secondary N) is 1. The van der Waals surface area contributed by atoms with E-state index in [0.29, 0.717) is 29.8 Å². The van der Waals surface area contributed by atoms with Crippen molar-refractivity contribution in [1.29, 1.82) is 0 Å². The molecule has 2 atom stereocenters. The first-order chi connectivity index (χ1) is 19.0. The van der Waals surface area contributed by atoms with Crippen molar-refractivity contribution >= 4 is 27.5 Å². The summed E-state index contributed by atoms with van der Waals surface area (Å²) in [6, 6.07) is 10.1. The molecule has 5 rings (SSSR count). The van der Waals surface area contributed by atoms with Crippen LogP contribution in [0.25, 0.3) is 0 Å². The molecule has 0 bridgehead atoms. The second kappa shape index (κ2) is 11.2. The number of nitrogens with zero attached hydrogens (tertiary/aromatic N) is 5. The monoisotopic (exact) mass is 584 g/mol. The molecule has 40 heavy (non-hydrogen) atoms. The van der Waals surface area contributed by atoms with Gasteiger partial charge in [-0.2, -0.15) is 0 Å². The predicted octanol–water partition coefficient (Wildman–Crippen LogP) is 3.66. The number of fused-ring (bicyclic) bond motifs is 1. The Labute approximate surface area is 239 Å². The summed E-state index contributed by atoms with van der Waals surface area (Å²) in [6.45, 7) is 7.47. The van der Waals surface area contributed by atoms with Crippen LogP contribution in [-0.4, -0.2) is 64.3 Å². The van der Waals surface area contributed by atoms with E-state index in [4.69, 9.17) is 16.3 Å². The van der Waals surface area contributed by atoms with Crippen LogP contribution in [0.15, 0.2) is 59.9 Å². The fourth-order valence-corrected chi connectivity index (χ4v) is 6.53. The molecule has 2 unspecified atom stereocenters. The van der Waals surface area contributed by atoms with Crippen molar-refractivity contribution in [3.63, 3.8) is 0 Å². The van der Waals surface area contributed by atoms with Gasteiger partial charge in [0.1, 0.15) is 11.8 Å². The molecular weight excluding hydrogens is 552 g/mol. The van der Waals surface area contributed by atoms with Gasteiger partial charge in [-0.1, -0.05) is 35.0 Å². The van der Waals surface area contributed by atoms with Gasteiger partial charge in [-0.3, -0.25) is 14.0 Å². The van der Waals surface area contributed by atoms with E-state index in [1.165, 1.54) is 30.1 Å². The van der Waals surface area contributed by atoms with Crippen LogP contribution in [0.3, 0.4) is 0 Å². The van der Waals surface area contributed by atoms with Crippen molar-refractivity contribution in [2.75, 3.05) is 13.7 Å². The molecule has 0 spiro atoms. The van der Waals surface area contributed by atoms with Crippen molar-refractivity contribution in [2.24, 2.45) is 0 Å². The lowest BCUT2D eigenvalue weighted by atomic mass is 9.98. The van der Waals surface area contributed by atoms with E-state index in [0.717, 1.165) is 27.7 Å². The van der Waals surface area contributed by atoms with Gasteiger partial charge in [-0.25, -0.2) is 13.1 Å². The van der Waals surface area contributed by atoms with Crippen molar-refractivity contribution in [1.82, 2.24) is 29.5 Å². The van der Waals surface area contributed by atoms with Crippen LogP contribution in [0, 0.1) is 6.92 Å². The predicted molar refractivity (Wildman–Crippen MR) is 151 cm³/mol. The Hall–Kier alpha value is -3.41. The molecule has 2 aromatic carbocycles. The molecule has 1 amide bonds. The third-order valence-corrected chi connectivity index (χ3v) is 9.64. The first-order valence-corrected chi connectivity index (χ1v) is 15.0. The Morgan fingerprint density at radius 2 is 2.02 bits per heavy atom. The minimum absolute atomic E-state index is 0.00822. The van der Waals surface area contributed by atoms with Crippen molar-refractivity contribution in [2.45, 2.75) is 63.2 Å². The maximum Gasteiger partial charge on any atom is 0.264 e. The van der Waals surface area contributed by atoms with E-state index >= 15 is 0 Å². The molecule has 2 aliphatic heterocycles. The number of benzene rings is 2. The Morgan fingerprint density at radius 1 is 1.23 bits per heavy atom. The zero-order valence-corrected chi connectivity index (χ0v) is 24.5. The Bertz CT molecular complexity index is 1550. The van der Waals surface area contributed by atoms with Gasteiger partial charge in [-0.05, 0) is 57.1 Å². The number of halogens is 1. The molecule has 1 N–H and O–H groups in total. The highest BCUT2D eigenvalue weighted by Crippen LogP contribution is 2.35. The van der Waals surface area contributed by atoms with Gasteiger partial charge >= 0.3 is 0 Å². The van der Waals surface area contributed by atoms with E-state index in [1.54, 1.807) is 23.9 Å². The Kier molecular flexibility index (Phi) is 7.89. The van der Waals surface area contributed by atoms with Crippen LogP contribution in [0.1, 0.15) is 48.7 Å². The van der Waals surface area contributed by atoms with Crippen LogP contribution in [0.4, 0.5) is 0 Å². The first kappa shape index (κ1) is 28.1. The molecule has 0 aliphatic carbocycles. The van der Waals surface area contributed by atoms with Gasteiger partial charge in [-0.15, -0.1) is 5.10 Å². The van der Waals surface area contributed by atoms with E-state index in [1.807, 2.05) is 0 Å². The number of hydrogen-bond donors (Lipinski definition) is 1. The Morgan fingerprint density at radius 3 is 2.77 bits per heavy atom. The molecule has 12 heteroatoms. The summed E-state index contributed by atoms with van der Waals surface area (Å²) in [7, 11) is -1.96. The number of sulfonamides is 1. The van der Waals surface area contributed by atoms with Crippen LogP contribution in [0.2, 0.25) is 5.02 Å². The van der Waals surface area contributed by atoms with Gasteiger partial charge in [0.05, 0.1) is 23.2 Å². The van der Waals surface area contributed by atoms with Gasteiger partial charge in [0.15, 0.2) is 0 Å². The smallest absolute Gasteiger partial charge is 0.264 e. The fraction of sp³-hybridized carbons (Fsp3) is 0.393. The largest absolute Gasteiger partial charge is 0.493 e. The van der Waals surface area contributed by atoms with E-state index in [9.17, 15) is 13.2 Å². The average molecular weight is 585 g/mol. The molecule has 0 radical (unpaired) electrons. The summed E-state index contributed by atoms with van der Waals surface area (Å²) in [6.07, 6.45) is 5.20. The van der Waals surface area contributed by atoms with Crippen molar-refractivity contribution in [3.05, 3.63) is 82.4 Å². The van der Waals surface area contributed by atoms with Crippen LogP contribution in [0.5, 0.6) is 5.75 Å². The number of hydrogen-bond acceptors (Lipinski definition) is 7. The number of ether oxygens (including phenoxy) is 1. The summed E-state index contributed by atoms with van der Waals surface area (Å²) in [5.74, 6) is 0.378. The first-order valence-electron chi connectivity index (χ1n) is 13.2. The standard InChI is InChI=1S/C28H33ClN6O4S/c1-18(2)33(4)16-20-6-8-23-25(9-12-39-27(23)13-20)34-17-21(31-32-34)14-26-28(36)30-10-11-35(26)40(37,38)22-7-5-19(3)24(29)15-22/h5-8,10-11,13,15,17-18,25-26H,9,12,14,16H2,1-4H3,(H,30,36). The van der Waals surface area contributed by atoms with Crippen LogP contribution in [-0.2, 0) is 27.8 Å². The van der Waals surface area contributed by atoms with E-state index < -0.39 is 22.0 Å². The maximum atomic E-state index is 13.5. The molecule has 0 saturated heterocycles. The second-order valence-corrected chi connectivity index (χ2v) is 12.8. The van der Waals surface area contributed by atoms with Gasteiger partial charge in [0.25, 0.3) is 10.0 Å². The normalized spacial score (nSPS) is 19.1. The van der Waals surface area contributed by atoms with Gasteiger partial charge < -0.3 is 10.1 Å². The SMILES string of the molecule is Cc1ccc(S(=O)(=O)N2C=CNC(=O)C2Cc2cn(C3CCOc4cc(CN(C)C(C)C)ccc43)nn2)cc1Cl. The minimum atomic E-state index is -4.05. The zero-order valence-electron chi connectivity index (χ0n) is 22.9. The molecule has 1 aromatic heterocycles. The lowest BCUT2D eigenvalue weighted by Gasteiger charge is -2.31. The summed E-state index contributed by atoms with van der Waals surface area (Å²) in [4.78, 5) is 15.1. The number of carbonyl (C=O) groups is 1. The van der Waals surface area contributed by atoms with Crippen molar-refractivity contribution < 1.29 is 17.9 Å². The quantitative estimate of drug-likeness (QED) is 0.430. The number of carbonyl (C=O) groups excluding carboxylic acids is 1. The molecule has 10 nitrogen and oxygen atoms in total. The molecule has 0 fully saturated rings. The number of aryl methyl sites for hydroxylation is 1. The average Bonchev–Trinajstić information content (AvgIpc) is 3.39. The highest BCUT2D eigenvalue weighted by atomic mass is 35.5. The molecule has 3 aromatic rings. The lowest BCUT2D eigenvalue weighted by Crippen LogP contribution is -2.50.